The smallest absolute Gasteiger partial charge is 0.255 e. The maximum atomic E-state index is 12.6. The number of methoxy groups -OCH3 is 2. The Morgan fingerprint density at radius 2 is 1.84 bits per heavy atom. The molecule has 0 aliphatic carbocycles. The highest BCUT2D eigenvalue weighted by Crippen LogP contribution is 2.30. The molecule has 0 saturated carbocycles. The lowest BCUT2D eigenvalue weighted by Crippen LogP contribution is -2.45. The Kier molecular flexibility index (Phi) is 5.33. The number of nitrogens with zero attached hydrogens (tertiary/aromatic N) is 3. The molecule has 132 valence electrons. The Hall–Kier alpha value is -2.83. The number of carbonyl (C=O) groups is 1. The number of anilines is 1. The summed E-state index contributed by atoms with van der Waals surface area (Å²) < 4.78 is 10.6. The normalized spacial score (nSPS) is 14.9. The molecule has 0 unspecified atom stereocenters. The van der Waals surface area contributed by atoms with Gasteiger partial charge in [0.15, 0.2) is 11.5 Å². The number of hydrogen-bond donors (Lipinski definition) is 1. The summed E-state index contributed by atoms with van der Waals surface area (Å²) in [5.74, 6) is 1.59. The minimum atomic E-state index is -0.148. The third kappa shape index (κ3) is 3.81. The monoisotopic (exact) mass is 342 g/mol. The standard InChI is InChI=1S/C18H22N4O3/c1-24-15-6-3-5-14(16(15)25-2)17(23)21-13-7-11-22(12-8-13)18-19-9-4-10-20-18/h3-6,9-10,13H,7-8,11-12H2,1-2H3,(H,21,23). The van der Waals surface area contributed by atoms with Gasteiger partial charge in [-0.3, -0.25) is 4.79 Å². The Balaban J connectivity index is 1.62. The minimum absolute atomic E-state index is 0.114. The van der Waals surface area contributed by atoms with E-state index in [9.17, 15) is 4.79 Å². The van der Waals surface area contributed by atoms with Gasteiger partial charge in [0.25, 0.3) is 5.91 Å². The number of carbonyl (C=O) groups excluding carboxylic acids is 1. The highest BCUT2D eigenvalue weighted by atomic mass is 16.5. The van der Waals surface area contributed by atoms with E-state index in [1.54, 1.807) is 43.8 Å². The van der Waals surface area contributed by atoms with Crippen LogP contribution in [0.3, 0.4) is 0 Å². The average Bonchev–Trinajstić information content (AvgIpc) is 2.68. The first-order valence-corrected chi connectivity index (χ1v) is 8.26. The zero-order chi connectivity index (χ0) is 17.6. The molecule has 2 heterocycles. The van der Waals surface area contributed by atoms with Gasteiger partial charge in [-0.05, 0) is 31.0 Å². The first kappa shape index (κ1) is 17.0. The van der Waals surface area contributed by atoms with Crippen LogP contribution < -0.4 is 19.7 Å². The largest absolute Gasteiger partial charge is 0.493 e. The van der Waals surface area contributed by atoms with Crippen molar-refractivity contribution in [2.75, 3.05) is 32.2 Å². The number of piperidine rings is 1. The molecule has 3 rings (SSSR count). The fourth-order valence-corrected chi connectivity index (χ4v) is 3.01. The highest BCUT2D eigenvalue weighted by Gasteiger charge is 2.24. The van der Waals surface area contributed by atoms with E-state index < -0.39 is 0 Å². The van der Waals surface area contributed by atoms with Crippen molar-refractivity contribution < 1.29 is 14.3 Å². The van der Waals surface area contributed by atoms with Gasteiger partial charge in [-0.25, -0.2) is 9.97 Å². The van der Waals surface area contributed by atoms with Crippen LogP contribution in [0.15, 0.2) is 36.7 Å². The van der Waals surface area contributed by atoms with Crippen LogP contribution in [0.5, 0.6) is 11.5 Å². The van der Waals surface area contributed by atoms with Crippen LogP contribution >= 0.6 is 0 Å². The molecule has 1 amide bonds. The van der Waals surface area contributed by atoms with Crippen LogP contribution in [0, 0.1) is 0 Å². The third-order valence-electron chi connectivity index (χ3n) is 4.31. The van der Waals surface area contributed by atoms with Gasteiger partial charge in [-0.1, -0.05) is 6.07 Å². The molecule has 1 N–H and O–H groups in total. The summed E-state index contributed by atoms with van der Waals surface area (Å²) in [6, 6.07) is 7.21. The van der Waals surface area contributed by atoms with Crippen molar-refractivity contribution in [2.45, 2.75) is 18.9 Å². The number of para-hydroxylation sites is 1. The quantitative estimate of drug-likeness (QED) is 0.894. The molecule has 1 fully saturated rings. The molecule has 0 spiro atoms. The van der Waals surface area contributed by atoms with Crippen molar-refractivity contribution in [3.8, 4) is 11.5 Å². The molecule has 1 aromatic carbocycles. The number of hydrogen-bond acceptors (Lipinski definition) is 6. The Morgan fingerprint density at radius 1 is 1.12 bits per heavy atom. The van der Waals surface area contributed by atoms with Gasteiger partial charge in [0.2, 0.25) is 5.95 Å². The van der Waals surface area contributed by atoms with Crippen LogP contribution in [-0.2, 0) is 0 Å². The summed E-state index contributed by atoms with van der Waals surface area (Å²) in [6.07, 6.45) is 5.17. The summed E-state index contributed by atoms with van der Waals surface area (Å²) in [7, 11) is 3.09. The third-order valence-corrected chi connectivity index (χ3v) is 4.31. The summed E-state index contributed by atoms with van der Waals surface area (Å²) >= 11 is 0. The SMILES string of the molecule is COc1cccc(C(=O)NC2CCN(c3ncccn3)CC2)c1OC. The van der Waals surface area contributed by atoms with E-state index in [1.807, 2.05) is 0 Å². The number of rotatable bonds is 5. The molecule has 1 aromatic heterocycles. The molecular formula is C18H22N4O3. The number of aromatic nitrogens is 2. The van der Waals surface area contributed by atoms with Crippen molar-refractivity contribution in [1.82, 2.24) is 15.3 Å². The van der Waals surface area contributed by atoms with Crippen LogP contribution in [0.1, 0.15) is 23.2 Å². The number of benzene rings is 1. The van der Waals surface area contributed by atoms with E-state index in [2.05, 4.69) is 20.2 Å². The Morgan fingerprint density at radius 3 is 2.48 bits per heavy atom. The van der Waals surface area contributed by atoms with Gasteiger partial charge in [0.05, 0.1) is 19.8 Å². The van der Waals surface area contributed by atoms with Crippen molar-refractivity contribution >= 4 is 11.9 Å². The molecule has 25 heavy (non-hydrogen) atoms. The number of nitrogens with one attached hydrogen (secondary N) is 1. The number of ether oxygens (including phenoxy) is 2. The van der Waals surface area contributed by atoms with Gasteiger partial charge < -0.3 is 19.7 Å². The topological polar surface area (TPSA) is 76.6 Å². The van der Waals surface area contributed by atoms with Crippen molar-refractivity contribution in [2.24, 2.45) is 0 Å². The highest BCUT2D eigenvalue weighted by molar-refractivity contribution is 5.98. The van der Waals surface area contributed by atoms with Crippen molar-refractivity contribution in [1.29, 1.82) is 0 Å². The first-order chi connectivity index (χ1) is 12.2. The summed E-state index contributed by atoms with van der Waals surface area (Å²) in [5.41, 5.74) is 0.482. The van der Waals surface area contributed by atoms with E-state index >= 15 is 0 Å². The Bertz CT molecular complexity index is 716. The van der Waals surface area contributed by atoms with Crippen molar-refractivity contribution in [3.63, 3.8) is 0 Å². The second kappa shape index (κ2) is 7.83. The van der Waals surface area contributed by atoms with Gasteiger partial charge >= 0.3 is 0 Å². The molecule has 7 nitrogen and oxygen atoms in total. The van der Waals surface area contributed by atoms with Crippen LogP contribution in [0.4, 0.5) is 5.95 Å². The average molecular weight is 342 g/mol. The van der Waals surface area contributed by atoms with E-state index in [1.165, 1.54) is 7.11 Å². The van der Waals surface area contributed by atoms with Crippen LogP contribution in [0.25, 0.3) is 0 Å². The van der Waals surface area contributed by atoms with Gasteiger partial charge in [-0.2, -0.15) is 0 Å². The maximum absolute atomic E-state index is 12.6. The van der Waals surface area contributed by atoms with Gasteiger partial charge in [-0.15, -0.1) is 0 Å². The maximum Gasteiger partial charge on any atom is 0.255 e. The minimum Gasteiger partial charge on any atom is -0.493 e. The molecule has 0 bridgehead atoms. The summed E-state index contributed by atoms with van der Waals surface area (Å²) in [6.45, 7) is 1.62. The zero-order valence-electron chi connectivity index (χ0n) is 14.4. The molecule has 7 heteroatoms. The summed E-state index contributed by atoms with van der Waals surface area (Å²) in [4.78, 5) is 23.3. The predicted octanol–water partition coefficient (Wildman–Crippen LogP) is 1.89. The fourth-order valence-electron chi connectivity index (χ4n) is 3.01. The van der Waals surface area contributed by atoms with E-state index in [4.69, 9.17) is 9.47 Å². The molecule has 0 atom stereocenters. The van der Waals surface area contributed by atoms with Crippen molar-refractivity contribution in [3.05, 3.63) is 42.2 Å². The zero-order valence-corrected chi connectivity index (χ0v) is 14.4. The Labute approximate surface area is 147 Å². The van der Waals surface area contributed by atoms with E-state index in [-0.39, 0.29) is 11.9 Å². The second-order valence-corrected chi connectivity index (χ2v) is 5.82. The molecule has 2 aromatic rings. The first-order valence-electron chi connectivity index (χ1n) is 8.26. The van der Waals surface area contributed by atoms with E-state index in [0.717, 1.165) is 31.9 Å². The lowest BCUT2D eigenvalue weighted by atomic mass is 10.0. The molecular weight excluding hydrogens is 320 g/mol. The predicted molar refractivity (Wildman–Crippen MR) is 94.3 cm³/mol. The van der Waals surface area contributed by atoms with Gasteiger partial charge in [0, 0.05) is 31.5 Å². The molecule has 1 aliphatic rings. The van der Waals surface area contributed by atoms with Crippen LogP contribution in [-0.4, -0.2) is 49.2 Å². The lowest BCUT2D eigenvalue weighted by Gasteiger charge is -2.32. The van der Waals surface area contributed by atoms with Gasteiger partial charge in [0.1, 0.15) is 0 Å². The van der Waals surface area contributed by atoms with Crippen LogP contribution in [0.2, 0.25) is 0 Å². The second-order valence-electron chi connectivity index (χ2n) is 5.82. The number of amides is 1. The molecule has 1 aliphatic heterocycles. The molecule has 1 saturated heterocycles. The van der Waals surface area contributed by atoms with E-state index in [0.29, 0.717) is 17.1 Å². The fraction of sp³-hybridized carbons (Fsp3) is 0.389. The molecule has 0 radical (unpaired) electrons. The summed E-state index contributed by atoms with van der Waals surface area (Å²) in [5, 5.41) is 3.09. The lowest BCUT2D eigenvalue weighted by molar-refractivity contribution is 0.0927.